The maximum atomic E-state index is 12.8. The minimum Gasteiger partial charge on any atom is -0.455 e. The van der Waals surface area contributed by atoms with Crippen LogP contribution >= 0.6 is 0 Å². The van der Waals surface area contributed by atoms with Gasteiger partial charge in [0.1, 0.15) is 5.76 Å². The van der Waals surface area contributed by atoms with Crippen LogP contribution in [0.1, 0.15) is 51.4 Å². The number of carbonyl (C=O) groups is 1. The number of furan rings is 1. The van der Waals surface area contributed by atoms with Crippen LogP contribution in [0.2, 0.25) is 0 Å². The second kappa shape index (κ2) is 7.76. The van der Waals surface area contributed by atoms with Gasteiger partial charge >= 0.3 is 0 Å². The number of nitrogens with zero attached hydrogens (tertiary/aromatic N) is 2. The minimum absolute atomic E-state index is 0.128. The van der Waals surface area contributed by atoms with E-state index in [9.17, 15) is 4.79 Å². The first-order chi connectivity index (χ1) is 14.6. The van der Waals surface area contributed by atoms with E-state index in [2.05, 4.69) is 48.0 Å². The van der Waals surface area contributed by atoms with Crippen molar-refractivity contribution in [1.82, 2.24) is 20.4 Å². The maximum Gasteiger partial charge on any atom is 0.287 e. The van der Waals surface area contributed by atoms with Gasteiger partial charge in [0.2, 0.25) is 0 Å². The highest BCUT2D eigenvalue weighted by Crippen LogP contribution is 2.38. The summed E-state index contributed by atoms with van der Waals surface area (Å²) in [7, 11) is 0. The molecule has 1 atom stereocenters. The zero-order valence-electron chi connectivity index (χ0n) is 17.6. The summed E-state index contributed by atoms with van der Waals surface area (Å²) in [5.41, 5.74) is 6.61. The second-order valence-corrected chi connectivity index (χ2v) is 8.48. The molecule has 1 aliphatic carbocycles. The van der Waals surface area contributed by atoms with Crippen molar-refractivity contribution < 1.29 is 9.21 Å². The Morgan fingerprint density at radius 1 is 1.30 bits per heavy atom. The van der Waals surface area contributed by atoms with Gasteiger partial charge in [-0.15, -0.1) is 0 Å². The zero-order chi connectivity index (χ0) is 20.7. The number of benzene rings is 1. The van der Waals surface area contributed by atoms with Crippen LogP contribution < -0.4 is 10.6 Å². The van der Waals surface area contributed by atoms with Crippen LogP contribution in [0.15, 0.2) is 34.9 Å². The van der Waals surface area contributed by atoms with Crippen molar-refractivity contribution in [3.05, 3.63) is 64.2 Å². The molecule has 0 radical (unpaired) electrons. The Kier molecular flexibility index (Phi) is 4.95. The molecular formula is C24H28N4O2. The van der Waals surface area contributed by atoms with Crippen molar-refractivity contribution in [2.75, 3.05) is 13.1 Å². The number of fused-ring (bicyclic) bond motifs is 3. The molecule has 2 aliphatic rings. The van der Waals surface area contributed by atoms with E-state index in [1.54, 1.807) is 0 Å². The monoisotopic (exact) mass is 404 g/mol. The van der Waals surface area contributed by atoms with E-state index in [1.165, 1.54) is 23.1 Å². The van der Waals surface area contributed by atoms with Gasteiger partial charge in [-0.05, 0) is 56.3 Å². The minimum atomic E-state index is -0.128. The first-order valence-electron chi connectivity index (χ1n) is 10.8. The molecular weight excluding hydrogens is 376 g/mol. The fourth-order valence-electron chi connectivity index (χ4n) is 4.65. The highest BCUT2D eigenvalue weighted by atomic mass is 16.4. The Hall–Kier alpha value is -2.86. The summed E-state index contributed by atoms with van der Waals surface area (Å²) in [5, 5.41) is 11.3. The lowest BCUT2D eigenvalue weighted by Crippen LogP contribution is -2.37. The van der Waals surface area contributed by atoms with Gasteiger partial charge in [-0.1, -0.05) is 24.3 Å². The maximum absolute atomic E-state index is 12.8. The summed E-state index contributed by atoms with van der Waals surface area (Å²) < 4.78 is 8.05. The van der Waals surface area contributed by atoms with Gasteiger partial charge in [0.05, 0.1) is 12.2 Å². The van der Waals surface area contributed by atoms with Crippen LogP contribution in [0.3, 0.4) is 0 Å². The summed E-state index contributed by atoms with van der Waals surface area (Å²) in [6, 6.07) is 8.76. The predicted octanol–water partition coefficient (Wildman–Crippen LogP) is 3.39. The number of amides is 1. The molecule has 1 saturated heterocycles. The van der Waals surface area contributed by atoms with Crippen molar-refractivity contribution in [2.24, 2.45) is 0 Å². The average Bonchev–Trinajstić information content (AvgIpc) is 3.46. The molecule has 0 unspecified atom stereocenters. The van der Waals surface area contributed by atoms with Crippen molar-refractivity contribution in [3.63, 3.8) is 0 Å². The van der Waals surface area contributed by atoms with Gasteiger partial charge in [0.25, 0.3) is 5.91 Å². The Labute approximate surface area is 176 Å². The summed E-state index contributed by atoms with van der Waals surface area (Å²) in [4.78, 5) is 12.8. The predicted molar refractivity (Wildman–Crippen MR) is 116 cm³/mol. The highest BCUT2D eigenvalue weighted by Gasteiger charge is 2.30. The summed E-state index contributed by atoms with van der Waals surface area (Å²) >= 11 is 0. The third-order valence-corrected chi connectivity index (χ3v) is 6.39. The lowest BCUT2D eigenvalue weighted by molar-refractivity contribution is 0.0920. The standard InChI is InChI=1S/C24H28N4O2/c1-15-6-3-4-7-17(15)13-28-14-18-9-10-20-21(22(18)27-28)16(2)23(30-20)24(29)26-12-19-8-5-11-25-19/h3-4,6-7,14,19,25H,5,8-13H2,1-2H3,(H,26,29)/t19-/m1/s1. The number of hydrogen-bond acceptors (Lipinski definition) is 4. The molecule has 156 valence electrons. The highest BCUT2D eigenvalue weighted by molar-refractivity contribution is 5.95. The molecule has 0 saturated carbocycles. The van der Waals surface area contributed by atoms with Gasteiger partial charge in [-0.25, -0.2) is 0 Å². The van der Waals surface area contributed by atoms with Gasteiger partial charge in [-0.2, -0.15) is 5.10 Å². The van der Waals surface area contributed by atoms with Gasteiger partial charge in [0.15, 0.2) is 5.76 Å². The largest absolute Gasteiger partial charge is 0.455 e. The van der Waals surface area contributed by atoms with Crippen LogP contribution in [0, 0.1) is 13.8 Å². The first kappa shape index (κ1) is 19.1. The van der Waals surface area contributed by atoms with Gasteiger partial charge in [-0.3, -0.25) is 9.48 Å². The molecule has 6 heteroatoms. The topological polar surface area (TPSA) is 72.1 Å². The molecule has 3 heterocycles. The van der Waals surface area contributed by atoms with E-state index >= 15 is 0 Å². The van der Waals surface area contributed by atoms with Crippen molar-refractivity contribution in [2.45, 2.75) is 52.1 Å². The fraction of sp³-hybridized carbons (Fsp3) is 0.417. The second-order valence-electron chi connectivity index (χ2n) is 8.48. The van der Waals surface area contributed by atoms with Crippen LogP contribution in [-0.2, 0) is 19.4 Å². The van der Waals surface area contributed by atoms with E-state index in [1.807, 2.05) is 11.6 Å². The van der Waals surface area contributed by atoms with Crippen LogP contribution in [0.25, 0.3) is 11.3 Å². The number of nitrogens with one attached hydrogen (secondary N) is 2. The van der Waals surface area contributed by atoms with E-state index < -0.39 is 0 Å². The Morgan fingerprint density at radius 3 is 2.97 bits per heavy atom. The normalized spacial score (nSPS) is 17.6. The third kappa shape index (κ3) is 3.45. The van der Waals surface area contributed by atoms with E-state index in [4.69, 9.17) is 9.52 Å². The zero-order valence-corrected chi connectivity index (χ0v) is 17.6. The Balaban J connectivity index is 1.39. The van der Waals surface area contributed by atoms with Crippen molar-refractivity contribution in [3.8, 4) is 11.3 Å². The number of aromatic nitrogens is 2. The number of rotatable bonds is 5. The van der Waals surface area contributed by atoms with Crippen molar-refractivity contribution in [1.29, 1.82) is 0 Å². The number of aryl methyl sites for hydroxylation is 3. The third-order valence-electron chi connectivity index (χ3n) is 6.39. The van der Waals surface area contributed by atoms with Crippen LogP contribution in [0.5, 0.6) is 0 Å². The van der Waals surface area contributed by atoms with Crippen molar-refractivity contribution >= 4 is 5.91 Å². The molecule has 1 amide bonds. The molecule has 2 N–H and O–H groups in total. The average molecular weight is 405 g/mol. The summed E-state index contributed by atoms with van der Waals surface area (Å²) in [6.07, 6.45) is 6.10. The molecule has 5 rings (SSSR count). The Morgan fingerprint density at radius 2 is 2.17 bits per heavy atom. The molecule has 0 bridgehead atoms. The SMILES string of the molecule is Cc1ccccc1Cn1cc2c(n1)-c1c(oc(C(=O)NC[C@H]3CCCN3)c1C)CC2. The lowest BCUT2D eigenvalue weighted by atomic mass is 9.93. The van der Waals surface area contributed by atoms with Crippen LogP contribution in [0.4, 0.5) is 0 Å². The van der Waals surface area contributed by atoms with Gasteiger partial charge in [0, 0.05) is 36.3 Å². The molecule has 1 fully saturated rings. The first-order valence-corrected chi connectivity index (χ1v) is 10.8. The smallest absolute Gasteiger partial charge is 0.287 e. The number of carbonyl (C=O) groups excluding carboxylic acids is 1. The molecule has 1 aliphatic heterocycles. The van der Waals surface area contributed by atoms with E-state index in [0.29, 0.717) is 18.3 Å². The molecule has 0 spiro atoms. The Bertz CT molecular complexity index is 1090. The molecule has 1 aromatic carbocycles. The molecule has 30 heavy (non-hydrogen) atoms. The van der Waals surface area contributed by atoms with Gasteiger partial charge < -0.3 is 15.1 Å². The number of hydrogen-bond donors (Lipinski definition) is 2. The molecule has 3 aromatic rings. The quantitative estimate of drug-likeness (QED) is 0.684. The van der Waals surface area contributed by atoms with E-state index in [0.717, 1.165) is 54.9 Å². The van der Waals surface area contributed by atoms with Crippen LogP contribution in [-0.4, -0.2) is 34.8 Å². The molecule has 2 aromatic heterocycles. The lowest BCUT2D eigenvalue weighted by Gasteiger charge is -2.10. The summed E-state index contributed by atoms with van der Waals surface area (Å²) in [6.45, 7) is 6.51. The molecule has 6 nitrogen and oxygen atoms in total. The summed E-state index contributed by atoms with van der Waals surface area (Å²) in [5.74, 6) is 1.18. The fourth-order valence-corrected chi connectivity index (χ4v) is 4.65. The van der Waals surface area contributed by atoms with E-state index in [-0.39, 0.29) is 5.91 Å².